The molecular formula is C26H23N3O3S2. The molecule has 8 heteroatoms. The summed E-state index contributed by atoms with van der Waals surface area (Å²) in [4.78, 5) is 16.5. The van der Waals surface area contributed by atoms with Crippen LogP contribution in [0.1, 0.15) is 18.5 Å². The van der Waals surface area contributed by atoms with E-state index in [-0.39, 0.29) is 17.7 Å². The van der Waals surface area contributed by atoms with E-state index in [2.05, 4.69) is 28.4 Å². The average molecular weight is 490 g/mol. The van der Waals surface area contributed by atoms with Gasteiger partial charge < -0.3 is 14.1 Å². The van der Waals surface area contributed by atoms with Crippen molar-refractivity contribution < 1.29 is 13.9 Å². The molecule has 0 spiro atoms. The fourth-order valence-electron chi connectivity index (χ4n) is 3.91. The minimum absolute atomic E-state index is 0.000990. The van der Waals surface area contributed by atoms with E-state index in [1.807, 2.05) is 72.5 Å². The number of aromatic nitrogens is 2. The number of amides is 1. The monoisotopic (exact) mass is 489 g/mol. The van der Waals surface area contributed by atoms with E-state index in [4.69, 9.17) is 9.15 Å². The van der Waals surface area contributed by atoms with Gasteiger partial charge >= 0.3 is 0 Å². The van der Waals surface area contributed by atoms with Gasteiger partial charge in [-0.15, -0.1) is 22.0 Å². The molecule has 0 radical (unpaired) electrons. The van der Waals surface area contributed by atoms with Crippen LogP contribution in [-0.2, 0) is 4.79 Å². The summed E-state index contributed by atoms with van der Waals surface area (Å²) in [6.07, 6.45) is 0. The van der Waals surface area contributed by atoms with E-state index in [0.29, 0.717) is 23.5 Å². The van der Waals surface area contributed by atoms with Crippen LogP contribution >= 0.6 is 23.5 Å². The second-order valence-corrected chi connectivity index (χ2v) is 9.55. The van der Waals surface area contributed by atoms with Gasteiger partial charge in [-0.3, -0.25) is 4.79 Å². The lowest BCUT2D eigenvalue weighted by molar-refractivity contribution is -0.116. The Morgan fingerprint density at radius 1 is 1.06 bits per heavy atom. The molecule has 1 aliphatic heterocycles. The highest BCUT2D eigenvalue weighted by Gasteiger charge is 2.32. The summed E-state index contributed by atoms with van der Waals surface area (Å²) in [6.45, 7) is 2.47. The number of nitrogens with zero attached hydrogens (tertiary/aromatic N) is 3. The summed E-state index contributed by atoms with van der Waals surface area (Å²) in [5, 5.41) is 8.67. The zero-order valence-electron chi connectivity index (χ0n) is 18.6. The minimum Gasteiger partial charge on any atom is -0.493 e. The molecule has 34 heavy (non-hydrogen) atoms. The van der Waals surface area contributed by atoms with Crippen LogP contribution in [0.3, 0.4) is 0 Å². The molecular weight excluding hydrogens is 466 g/mol. The number of hydrogen-bond acceptors (Lipinski definition) is 7. The fraction of sp³-hybridized carbons (Fsp3) is 0.192. The molecule has 0 saturated heterocycles. The van der Waals surface area contributed by atoms with E-state index < -0.39 is 0 Å². The van der Waals surface area contributed by atoms with Crippen LogP contribution in [0.25, 0.3) is 11.5 Å². The van der Waals surface area contributed by atoms with Crippen molar-refractivity contribution in [1.29, 1.82) is 0 Å². The first kappa shape index (κ1) is 22.6. The molecule has 0 saturated carbocycles. The maximum Gasteiger partial charge on any atom is 0.277 e. The molecule has 1 aliphatic rings. The van der Waals surface area contributed by atoms with Crippen molar-refractivity contribution in [1.82, 2.24) is 10.2 Å². The quantitative estimate of drug-likeness (QED) is 0.290. The maximum atomic E-state index is 13.5. The summed E-state index contributed by atoms with van der Waals surface area (Å²) in [7, 11) is 0. The largest absolute Gasteiger partial charge is 0.493 e. The summed E-state index contributed by atoms with van der Waals surface area (Å²) < 4.78 is 11.5. The Hall–Kier alpha value is -3.23. The summed E-state index contributed by atoms with van der Waals surface area (Å²) in [6, 6.07) is 25.7. The van der Waals surface area contributed by atoms with Crippen LogP contribution in [0.2, 0.25) is 0 Å². The Labute approximate surface area is 206 Å². The van der Waals surface area contributed by atoms with Crippen molar-refractivity contribution >= 4 is 35.1 Å². The van der Waals surface area contributed by atoms with Crippen molar-refractivity contribution in [2.75, 3.05) is 23.0 Å². The van der Waals surface area contributed by atoms with E-state index in [9.17, 15) is 4.79 Å². The highest BCUT2D eigenvalue weighted by molar-refractivity contribution is 8.00. The molecule has 0 aliphatic carbocycles. The van der Waals surface area contributed by atoms with Crippen LogP contribution in [0.5, 0.6) is 5.75 Å². The van der Waals surface area contributed by atoms with Gasteiger partial charge in [0.05, 0.1) is 29.7 Å². The van der Waals surface area contributed by atoms with Gasteiger partial charge in [0, 0.05) is 10.6 Å². The minimum atomic E-state index is -0.0366. The fourth-order valence-corrected chi connectivity index (χ4v) is 5.70. The van der Waals surface area contributed by atoms with Gasteiger partial charge in [0.2, 0.25) is 5.91 Å². The second-order valence-electron chi connectivity index (χ2n) is 7.56. The molecule has 4 aromatic rings. The van der Waals surface area contributed by atoms with E-state index in [1.165, 1.54) is 11.8 Å². The molecule has 2 heterocycles. The SMILES string of the molecule is CCOc1ccccc1-c1nnc(SCC(=O)N2c3ccccc3SCC2c2ccccc2)o1. The number of carbonyl (C=O) groups excluding carboxylic acids is 1. The molecule has 1 amide bonds. The van der Waals surface area contributed by atoms with Crippen molar-refractivity contribution in [3.8, 4) is 17.2 Å². The third-order valence-corrected chi connectivity index (χ3v) is 7.37. The highest BCUT2D eigenvalue weighted by Crippen LogP contribution is 2.43. The lowest BCUT2D eigenvalue weighted by atomic mass is 10.1. The standard InChI is InChI=1S/C26H23N3O3S2/c1-2-31-22-14-8-6-12-19(22)25-27-28-26(32-25)34-17-24(30)29-20-13-7-9-15-23(20)33-16-21(29)18-10-4-3-5-11-18/h3-15,21H,2,16-17H2,1H3. The number of ether oxygens (including phenoxy) is 1. The average Bonchev–Trinajstić information content (AvgIpc) is 3.36. The Morgan fingerprint density at radius 3 is 2.68 bits per heavy atom. The molecule has 0 fully saturated rings. The Balaban J connectivity index is 1.36. The van der Waals surface area contributed by atoms with Gasteiger partial charge in [-0.05, 0) is 36.8 Å². The number of hydrogen-bond donors (Lipinski definition) is 0. The Morgan fingerprint density at radius 2 is 1.82 bits per heavy atom. The zero-order chi connectivity index (χ0) is 23.3. The predicted octanol–water partition coefficient (Wildman–Crippen LogP) is 6.11. The first-order valence-corrected chi connectivity index (χ1v) is 13.0. The van der Waals surface area contributed by atoms with Crippen LogP contribution < -0.4 is 9.64 Å². The number of para-hydroxylation sites is 2. The maximum absolute atomic E-state index is 13.5. The molecule has 6 nitrogen and oxygen atoms in total. The second kappa shape index (κ2) is 10.4. The molecule has 172 valence electrons. The number of rotatable bonds is 7. The van der Waals surface area contributed by atoms with Crippen LogP contribution in [0, 0.1) is 0 Å². The predicted molar refractivity (Wildman–Crippen MR) is 135 cm³/mol. The first-order chi connectivity index (χ1) is 16.7. The van der Waals surface area contributed by atoms with Gasteiger partial charge in [-0.2, -0.15) is 0 Å². The number of fused-ring (bicyclic) bond motifs is 1. The number of anilines is 1. The zero-order valence-corrected chi connectivity index (χ0v) is 20.2. The topological polar surface area (TPSA) is 68.5 Å². The van der Waals surface area contributed by atoms with Crippen molar-refractivity contribution in [2.24, 2.45) is 0 Å². The summed E-state index contributed by atoms with van der Waals surface area (Å²) >= 11 is 3.03. The third kappa shape index (κ3) is 4.69. The number of thioether (sulfide) groups is 2. The lowest BCUT2D eigenvalue weighted by Crippen LogP contribution is -2.39. The van der Waals surface area contributed by atoms with Gasteiger partial charge in [-0.25, -0.2) is 0 Å². The van der Waals surface area contributed by atoms with E-state index >= 15 is 0 Å². The Kier molecular flexibility index (Phi) is 6.87. The van der Waals surface area contributed by atoms with Crippen LogP contribution in [0.4, 0.5) is 5.69 Å². The van der Waals surface area contributed by atoms with E-state index in [1.54, 1.807) is 11.8 Å². The molecule has 1 atom stereocenters. The highest BCUT2D eigenvalue weighted by atomic mass is 32.2. The van der Waals surface area contributed by atoms with E-state index in [0.717, 1.165) is 27.5 Å². The first-order valence-electron chi connectivity index (χ1n) is 11.0. The van der Waals surface area contributed by atoms with Crippen molar-refractivity contribution in [3.63, 3.8) is 0 Å². The van der Waals surface area contributed by atoms with Crippen molar-refractivity contribution in [2.45, 2.75) is 23.1 Å². The van der Waals surface area contributed by atoms with Crippen LogP contribution in [-0.4, -0.2) is 34.2 Å². The smallest absolute Gasteiger partial charge is 0.277 e. The Bertz CT molecular complexity index is 1280. The van der Waals surface area contributed by atoms with Gasteiger partial charge in [0.25, 0.3) is 11.1 Å². The molecule has 5 rings (SSSR count). The van der Waals surface area contributed by atoms with Crippen molar-refractivity contribution in [3.05, 3.63) is 84.4 Å². The van der Waals surface area contributed by atoms with Gasteiger partial charge in [0.15, 0.2) is 0 Å². The molecule has 3 aromatic carbocycles. The number of carbonyl (C=O) groups is 1. The lowest BCUT2D eigenvalue weighted by Gasteiger charge is -2.37. The normalized spacial score (nSPS) is 15.1. The van der Waals surface area contributed by atoms with Gasteiger partial charge in [0.1, 0.15) is 5.75 Å². The summed E-state index contributed by atoms with van der Waals surface area (Å²) in [5.41, 5.74) is 2.80. The third-order valence-electron chi connectivity index (χ3n) is 5.43. The number of benzene rings is 3. The molecule has 0 N–H and O–H groups in total. The summed E-state index contributed by atoms with van der Waals surface area (Å²) in [5.74, 6) is 2.06. The molecule has 1 aromatic heterocycles. The van der Waals surface area contributed by atoms with Crippen LogP contribution in [0.15, 0.2) is 93.4 Å². The van der Waals surface area contributed by atoms with Gasteiger partial charge in [-0.1, -0.05) is 66.4 Å². The molecule has 0 bridgehead atoms. The molecule has 1 unspecified atom stereocenters.